The van der Waals surface area contributed by atoms with Crippen molar-refractivity contribution in [1.82, 2.24) is 14.5 Å². The number of aromatic nitrogens is 2. The van der Waals surface area contributed by atoms with Gasteiger partial charge in [0, 0.05) is 42.8 Å². The van der Waals surface area contributed by atoms with Crippen molar-refractivity contribution in [2.75, 3.05) is 13.6 Å². The molecule has 2 heterocycles. The Labute approximate surface area is 130 Å². The molecular weight excluding hydrogens is 282 g/mol. The summed E-state index contributed by atoms with van der Waals surface area (Å²) in [4.78, 5) is 19.9. The monoisotopic (exact) mass is 305 g/mol. The smallest absolute Gasteiger partial charge is 0.255 e. The molecule has 4 nitrogen and oxygen atoms in total. The maximum Gasteiger partial charge on any atom is 0.255 e. The second-order valence-corrected chi connectivity index (χ2v) is 6.31. The van der Waals surface area contributed by atoms with Crippen LogP contribution in [0.3, 0.4) is 0 Å². The number of carbonyl (C=O) groups excluding carboxylic acids is 1. The molecule has 0 spiro atoms. The Morgan fingerprint density at radius 1 is 1.38 bits per heavy atom. The van der Waals surface area contributed by atoms with Crippen LogP contribution in [0.1, 0.15) is 39.2 Å². The standard InChI is InChI=1S/C16H23N3OS/c1-6-19-11(2)9-14(13(19)4)16(20)18(5)8-7-15-12(3)17-10-21-15/h9-10H,6-8H2,1-5H3. The average Bonchev–Trinajstić information content (AvgIpc) is 2.99. The number of amides is 1. The SMILES string of the molecule is CCn1c(C)cc(C(=O)N(C)CCc2scnc2C)c1C. The van der Waals surface area contributed by atoms with Gasteiger partial charge >= 0.3 is 0 Å². The number of likely N-dealkylation sites (N-methyl/N-ethyl adjacent to an activating group) is 1. The van der Waals surface area contributed by atoms with Crippen molar-refractivity contribution < 1.29 is 4.79 Å². The summed E-state index contributed by atoms with van der Waals surface area (Å²) in [5.41, 5.74) is 5.95. The summed E-state index contributed by atoms with van der Waals surface area (Å²) < 4.78 is 2.18. The van der Waals surface area contributed by atoms with Gasteiger partial charge in [-0.3, -0.25) is 4.79 Å². The molecule has 2 aromatic rings. The Hall–Kier alpha value is -1.62. The van der Waals surface area contributed by atoms with Crippen molar-refractivity contribution in [3.05, 3.63) is 39.1 Å². The fourth-order valence-corrected chi connectivity index (χ4v) is 3.42. The van der Waals surface area contributed by atoms with E-state index in [0.717, 1.165) is 42.2 Å². The van der Waals surface area contributed by atoms with Crippen LogP contribution in [0.2, 0.25) is 0 Å². The zero-order valence-corrected chi connectivity index (χ0v) is 14.3. The lowest BCUT2D eigenvalue weighted by atomic mass is 10.2. The normalized spacial score (nSPS) is 10.9. The molecule has 0 fully saturated rings. The minimum Gasteiger partial charge on any atom is -0.349 e. The van der Waals surface area contributed by atoms with Gasteiger partial charge in [-0.15, -0.1) is 11.3 Å². The molecule has 21 heavy (non-hydrogen) atoms. The second-order valence-electron chi connectivity index (χ2n) is 5.37. The van der Waals surface area contributed by atoms with E-state index in [1.165, 1.54) is 4.88 Å². The summed E-state index contributed by atoms with van der Waals surface area (Å²) in [6.07, 6.45) is 0.866. The van der Waals surface area contributed by atoms with Crippen molar-refractivity contribution in [2.24, 2.45) is 0 Å². The zero-order chi connectivity index (χ0) is 15.6. The minimum atomic E-state index is 0.102. The third-order valence-corrected chi connectivity index (χ3v) is 4.98. The third-order valence-electron chi connectivity index (χ3n) is 3.99. The van der Waals surface area contributed by atoms with Crippen LogP contribution < -0.4 is 0 Å². The number of rotatable bonds is 5. The van der Waals surface area contributed by atoms with Crippen LogP contribution in [0.4, 0.5) is 0 Å². The van der Waals surface area contributed by atoms with Gasteiger partial charge in [0.25, 0.3) is 5.91 Å². The molecular formula is C16H23N3OS. The van der Waals surface area contributed by atoms with Gasteiger partial charge in [-0.1, -0.05) is 0 Å². The van der Waals surface area contributed by atoms with Gasteiger partial charge in [0.05, 0.1) is 16.8 Å². The van der Waals surface area contributed by atoms with Gasteiger partial charge in [-0.2, -0.15) is 0 Å². The van der Waals surface area contributed by atoms with Gasteiger partial charge in [-0.25, -0.2) is 4.98 Å². The zero-order valence-electron chi connectivity index (χ0n) is 13.4. The van der Waals surface area contributed by atoms with E-state index in [-0.39, 0.29) is 5.91 Å². The maximum atomic E-state index is 12.6. The molecule has 0 radical (unpaired) electrons. The van der Waals surface area contributed by atoms with Crippen LogP contribution in [0, 0.1) is 20.8 Å². The van der Waals surface area contributed by atoms with E-state index in [1.54, 1.807) is 16.2 Å². The van der Waals surface area contributed by atoms with Crippen LogP contribution in [0.15, 0.2) is 11.6 Å². The van der Waals surface area contributed by atoms with Crippen LogP contribution >= 0.6 is 11.3 Å². The van der Waals surface area contributed by atoms with Gasteiger partial charge in [0.2, 0.25) is 0 Å². The predicted molar refractivity (Wildman–Crippen MR) is 87.1 cm³/mol. The first-order chi connectivity index (χ1) is 9.95. The van der Waals surface area contributed by atoms with Gasteiger partial charge in [0.15, 0.2) is 0 Å². The number of carbonyl (C=O) groups is 1. The molecule has 2 aromatic heterocycles. The van der Waals surface area contributed by atoms with E-state index in [2.05, 4.69) is 16.5 Å². The fraction of sp³-hybridized carbons (Fsp3) is 0.500. The minimum absolute atomic E-state index is 0.102. The molecule has 0 aliphatic carbocycles. The Morgan fingerprint density at radius 3 is 2.62 bits per heavy atom. The molecule has 0 saturated carbocycles. The summed E-state index contributed by atoms with van der Waals surface area (Å²) in [5.74, 6) is 0.102. The highest BCUT2D eigenvalue weighted by molar-refractivity contribution is 7.09. The van der Waals surface area contributed by atoms with E-state index < -0.39 is 0 Å². The van der Waals surface area contributed by atoms with E-state index in [9.17, 15) is 4.79 Å². The van der Waals surface area contributed by atoms with Crippen LogP contribution in [-0.4, -0.2) is 34.0 Å². The highest BCUT2D eigenvalue weighted by atomic mass is 32.1. The Bertz CT molecular complexity index is 642. The maximum absolute atomic E-state index is 12.6. The summed E-state index contributed by atoms with van der Waals surface area (Å²) in [5, 5.41) is 0. The molecule has 0 bridgehead atoms. The molecule has 1 amide bonds. The topological polar surface area (TPSA) is 38.1 Å². The molecule has 5 heteroatoms. The summed E-state index contributed by atoms with van der Waals surface area (Å²) in [7, 11) is 1.87. The molecule has 0 unspecified atom stereocenters. The fourth-order valence-electron chi connectivity index (χ4n) is 2.65. The molecule has 0 atom stereocenters. The third kappa shape index (κ3) is 3.18. The van der Waals surface area contributed by atoms with Crippen molar-refractivity contribution in [2.45, 2.75) is 40.7 Å². The predicted octanol–water partition coefficient (Wildman–Crippen LogP) is 3.20. The Kier molecular flexibility index (Phi) is 4.83. The Morgan fingerprint density at radius 2 is 2.10 bits per heavy atom. The second kappa shape index (κ2) is 6.43. The van der Waals surface area contributed by atoms with E-state index in [4.69, 9.17) is 0 Å². The largest absolute Gasteiger partial charge is 0.349 e. The van der Waals surface area contributed by atoms with Crippen LogP contribution in [-0.2, 0) is 13.0 Å². The highest BCUT2D eigenvalue weighted by Crippen LogP contribution is 2.18. The van der Waals surface area contributed by atoms with E-state index >= 15 is 0 Å². The molecule has 2 rings (SSSR count). The first-order valence-electron chi connectivity index (χ1n) is 7.26. The van der Waals surface area contributed by atoms with Crippen molar-refractivity contribution in [3.8, 4) is 0 Å². The lowest BCUT2D eigenvalue weighted by molar-refractivity contribution is 0.0796. The molecule has 0 saturated heterocycles. The highest BCUT2D eigenvalue weighted by Gasteiger charge is 2.18. The first kappa shape index (κ1) is 15.8. The number of aryl methyl sites for hydroxylation is 2. The van der Waals surface area contributed by atoms with Crippen LogP contribution in [0.25, 0.3) is 0 Å². The summed E-state index contributed by atoms with van der Waals surface area (Å²) >= 11 is 1.66. The van der Waals surface area contributed by atoms with Gasteiger partial charge < -0.3 is 9.47 Å². The van der Waals surface area contributed by atoms with E-state index in [0.29, 0.717) is 0 Å². The Balaban J connectivity index is 2.07. The number of nitrogens with zero attached hydrogens (tertiary/aromatic N) is 3. The number of hydrogen-bond donors (Lipinski definition) is 0. The molecule has 0 aromatic carbocycles. The average molecular weight is 305 g/mol. The van der Waals surface area contributed by atoms with Crippen molar-refractivity contribution in [1.29, 1.82) is 0 Å². The number of hydrogen-bond acceptors (Lipinski definition) is 3. The van der Waals surface area contributed by atoms with Gasteiger partial charge in [0.1, 0.15) is 0 Å². The summed E-state index contributed by atoms with van der Waals surface area (Å²) in [6, 6.07) is 2.00. The first-order valence-corrected chi connectivity index (χ1v) is 8.14. The van der Waals surface area contributed by atoms with Crippen LogP contribution in [0.5, 0.6) is 0 Å². The quantitative estimate of drug-likeness (QED) is 0.851. The van der Waals surface area contributed by atoms with Crippen molar-refractivity contribution >= 4 is 17.2 Å². The molecule has 0 N–H and O–H groups in total. The lowest BCUT2D eigenvalue weighted by Gasteiger charge is -2.17. The summed E-state index contributed by atoms with van der Waals surface area (Å²) in [6.45, 7) is 9.80. The van der Waals surface area contributed by atoms with Crippen molar-refractivity contribution in [3.63, 3.8) is 0 Å². The molecule has 114 valence electrons. The van der Waals surface area contributed by atoms with Gasteiger partial charge in [-0.05, 0) is 33.8 Å². The molecule has 0 aliphatic rings. The number of thiazole rings is 1. The van der Waals surface area contributed by atoms with E-state index in [1.807, 2.05) is 39.4 Å². The molecule has 0 aliphatic heterocycles. The lowest BCUT2D eigenvalue weighted by Crippen LogP contribution is -2.29.